The molecule has 0 aromatic rings. The molecular formula is C43H68NO8P. The van der Waals surface area contributed by atoms with Gasteiger partial charge < -0.3 is 20.1 Å². The van der Waals surface area contributed by atoms with Crippen molar-refractivity contribution in [3.63, 3.8) is 0 Å². The molecule has 0 rings (SSSR count). The molecule has 0 radical (unpaired) electrons. The van der Waals surface area contributed by atoms with E-state index in [9.17, 15) is 19.0 Å². The molecule has 0 heterocycles. The molecule has 0 bridgehead atoms. The molecule has 1 unspecified atom stereocenters. The van der Waals surface area contributed by atoms with Gasteiger partial charge in [-0.1, -0.05) is 123 Å². The molecule has 0 aliphatic heterocycles. The van der Waals surface area contributed by atoms with Gasteiger partial charge in [-0.25, -0.2) is 4.57 Å². The van der Waals surface area contributed by atoms with Crippen LogP contribution in [0.25, 0.3) is 0 Å². The Labute approximate surface area is 320 Å². The maximum atomic E-state index is 12.5. The van der Waals surface area contributed by atoms with E-state index >= 15 is 0 Å². The summed E-state index contributed by atoms with van der Waals surface area (Å²) < 4.78 is 32.6. The first-order chi connectivity index (χ1) is 25.8. The summed E-state index contributed by atoms with van der Waals surface area (Å²) in [6, 6.07) is 0. The second-order valence-corrected chi connectivity index (χ2v) is 13.5. The maximum Gasteiger partial charge on any atom is 0.472 e. The van der Waals surface area contributed by atoms with Gasteiger partial charge in [0, 0.05) is 19.4 Å². The van der Waals surface area contributed by atoms with E-state index in [1.54, 1.807) is 0 Å². The molecule has 298 valence electrons. The van der Waals surface area contributed by atoms with Gasteiger partial charge in [0.1, 0.15) is 6.61 Å². The van der Waals surface area contributed by atoms with Gasteiger partial charge in [0.25, 0.3) is 0 Å². The fourth-order valence-corrected chi connectivity index (χ4v) is 5.13. The van der Waals surface area contributed by atoms with Crippen molar-refractivity contribution >= 4 is 19.8 Å². The van der Waals surface area contributed by atoms with E-state index in [0.717, 1.165) is 70.6 Å². The van der Waals surface area contributed by atoms with Crippen LogP contribution < -0.4 is 5.73 Å². The summed E-state index contributed by atoms with van der Waals surface area (Å²) >= 11 is 0. The summed E-state index contributed by atoms with van der Waals surface area (Å²) in [5, 5.41) is 0. The van der Waals surface area contributed by atoms with Crippen LogP contribution in [0.2, 0.25) is 0 Å². The van der Waals surface area contributed by atoms with E-state index in [0.29, 0.717) is 19.3 Å². The van der Waals surface area contributed by atoms with Crippen LogP contribution >= 0.6 is 7.82 Å². The largest absolute Gasteiger partial charge is 0.472 e. The highest BCUT2D eigenvalue weighted by Gasteiger charge is 2.25. The third kappa shape index (κ3) is 38.2. The van der Waals surface area contributed by atoms with Gasteiger partial charge in [0.05, 0.1) is 13.2 Å². The molecule has 0 aliphatic carbocycles. The first kappa shape index (κ1) is 49.7. The van der Waals surface area contributed by atoms with E-state index in [1.807, 2.05) is 6.08 Å². The average molecular weight is 758 g/mol. The minimum absolute atomic E-state index is 0.0319. The standard InChI is InChI=1S/C43H68NO8P/c1-3-5-7-9-11-13-15-17-19-20-22-24-26-28-30-32-34-36-43(46)52-41(40-51-53(47,48)50-38-37-44)39-49-42(45)35-33-31-29-27-25-23-21-18-16-14-12-10-8-6-4-2/h5-8,11-14,17-19,21-22,24-25,27-28,30,41H,3-4,9-10,15-16,20,23,26,29,31-40,44H2,1-2H3,(H,47,48)/t41-/m1/s1. The Hall–Kier alpha value is -3.33. The molecule has 53 heavy (non-hydrogen) atoms. The number of esters is 2. The second-order valence-electron chi connectivity index (χ2n) is 12.0. The number of phosphoric acid groups is 1. The monoisotopic (exact) mass is 757 g/mol. The van der Waals surface area contributed by atoms with Gasteiger partial charge in [-0.05, 0) is 89.9 Å². The average Bonchev–Trinajstić information content (AvgIpc) is 3.14. The topological polar surface area (TPSA) is 134 Å². The van der Waals surface area contributed by atoms with Gasteiger partial charge in [0.2, 0.25) is 0 Å². The Bertz CT molecular complexity index is 1230. The predicted molar refractivity (Wildman–Crippen MR) is 219 cm³/mol. The quantitative estimate of drug-likeness (QED) is 0.0285. The van der Waals surface area contributed by atoms with E-state index in [-0.39, 0.29) is 32.6 Å². The van der Waals surface area contributed by atoms with Gasteiger partial charge in [0.15, 0.2) is 6.10 Å². The van der Waals surface area contributed by atoms with Gasteiger partial charge in [-0.2, -0.15) is 0 Å². The summed E-state index contributed by atoms with van der Waals surface area (Å²) in [6.45, 7) is 3.34. The summed E-state index contributed by atoms with van der Waals surface area (Å²) in [5.41, 5.74) is 5.33. The first-order valence-corrected chi connectivity index (χ1v) is 20.9. The molecule has 2 atom stereocenters. The lowest BCUT2D eigenvalue weighted by atomic mass is 10.2. The lowest BCUT2D eigenvalue weighted by Gasteiger charge is -2.19. The number of hydrogen-bond acceptors (Lipinski definition) is 8. The molecule has 0 saturated carbocycles. The fourth-order valence-electron chi connectivity index (χ4n) is 4.36. The number of ether oxygens (including phenoxy) is 2. The number of phosphoric ester groups is 1. The molecule has 0 aliphatic rings. The maximum absolute atomic E-state index is 12.5. The Balaban J connectivity index is 4.42. The molecule has 0 fully saturated rings. The third-order valence-electron chi connectivity index (χ3n) is 7.15. The molecule has 0 aromatic heterocycles. The molecule has 3 N–H and O–H groups in total. The highest BCUT2D eigenvalue weighted by molar-refractivity contribution is 7.47. The number of carbonyl (C=O) groups is 2. The van der Waals surface area contributed by atoms with E-state index in [4.69, 9.17) is 24.3 Å². The SMILES string of the molecule is CCC=CCC=CCC=CCC=CCC=CCCCC(=O)O[C@H](COC(=O)CCCCC=CCC=CCC=CCC=CCC)COP(=O)(O)OCCN. The lowest BCUT2D eigenvalue weighted by molar-refractivity contribution is -0.161. The Morgan fingerprint density at radius 2 is 0.981 bits per heavy atom. The van der Waals surface area contributed by atoms with Crippen molar-refractivity contribution in [3.05, 3.63) is 109 Å². The van der Waals surface area contributed by atoms with Crippen LogP contribution in [-0.4, -0.2) is 49.3 Å². The van der Waals surface area contributed by atoms with Crippen LogP contribution in [0.5, 0.6) is 0 Å². The van der Waals surface area contributed by atoms with Crippen LogP contribution in [0, 0.1) is 0 Å². The number of rotatable bonds is 34. The van der Waals surface area contributed by atoms with Crippen LogP contribution in [0.15, 0.2) is 109 Å². The van der Waals surface area contributed by atoms with Crippen LogP contribution in [-0.2, 0) is 32.7 Å². The second kappa shape index (κ2) is 38.4. The zero-order valence-electron chi connectivity index (χ0n) is 32.4. The normalized spacial score (nSPS) is 14.6. The van der Waals surface area contributed by atoms with E-state index in [2.05, 4.69) is 117 Å². The number of hydrogen-bond donors (Lipinski definition) is 2. The van der Waals surface area contributed by atoms with Crippen molar-refractivity contribution in [3.8, 4) is 0 Å². The molecule has 0 aromatic carbocycles. The Morgan fingerprint density at radius 3 is 1.43 bits per heavy atom. The first-order valence-electron chi connectivity index (χ1n) is 19.4. The van der Waals surface area contributed by atoms with Crippen molar-refractivity contribution in [2.45, 2.75) is 123 Å². The summed E-state index contributed by atoms with van der Waals surface area (Å²) in [4.78, 5) is 34.7. The minimum atomic E-state index is -4.41. The summed E-state index contributed by atoms with van der Waals surface area (Å²) in [5.74, 6) is -0.961. The molecule has 9 nitrogen and oxygen atoms in total. The zero-order valence-corrected chi connectivity index (χ0v) is 33.3. The van der Waals surface area contributed by atoms with Crippen molar-refractivity contribution in [2.24, 2.45) is 5.73 Å². The lowest BCUT2D eigenvalue weighted by Crippen LogP contribution is -2.29. The molecule has 0 spiro atoms. The molecule has 10 heteroatoms. The molecule has 0 saturated heterocycles. The number of unbranched alkanes of at least 4 members (excludes halogenated alkanes) is 3. The summed E-state index contributed by atoms with van der Waals surface area (Å²) in [6.07, 6.45) is 49.9. The van der Waals surface area contributed by atoms with Crippen molar-refractivity contribution in [1.82, 2.24) is 0 Å². The summed E-state index contributed by atoms with van der Waals surface area (Å²) in [7, 11) is -4.41. The number of carbonyl (C=O) groups excluding carboxylic acids is 2. The van der Waals surface area contributed by atoms with Crippen molar-refractivity contribution in [2.75, 3.05) is 26.4 Å². The van der Waals surface area contributed by atoms with Crippen molar-refractivity contribution in [1.29, 1.82) is 0 Å². The highest BCUT2D eigenvalue weighted by atomic mass is 31.2. The van der Waals surface area contributed by atoms with E-state index in [1.165, 1.54) is 0 Å². The van der Waals surface area contributed by atoms with Gasteiger partial charge >= 0.3 is 19.8 Å². The minimum Gasteiger partial charge on any atom is -0.462 e. The van der Waals surface area contributed by atoms with E-state index < -0.39 is 32.5 Å². The fraction of sp³-hybridized carbons (Fsp3) is 0.535. The zero-order chi connectivity index (χ0) is 38.9. The van der Waals surface area contributed by atoms with Crippen LogP contribution in [0.1, 0.15) is 117 Å². The van der Waals surface area contributed by atoms with Gasteiger partial charge in [-0.3, -0.25) is 18.6 Å². The van der Waals surface area contributed by atoms with Crippen LogP contribution in [0.4, 0.5) is 0 Å². The Morgan fingerprint density at radius 1 is 0.566 bits per heavy atom. The third-order valence-corrected chi connectivity index (χ3v) is 8.14. The predicted octanol–water partition coefficient (Wildman–Crippen LogP) is 10.8. The smallest absolute Gasteiger partial charge is 0.462 e. The molecular weight excluding hydrogens is 689 g/mol. The Kier molecular flexibility index (Phi) is 36.0. The molecule has 0 amide bonds. The van der Waals surface area contributed by atoms with Crippen LogP contribution in [0.3, 0.4) is 0 Å². The number of nitrogens with two attached hydrogens (primary N) is 1. The number of allylic oxidation sites excluding steroid dienone is 18. The highest BCUT2D eigenvalue weighted by Crippen LogP contribution is 2.43. The van der Waals surface area contributed by atoms with Gasteiger partial charge in [-0.15, -0.1) is 0 Å². The van der Waals surface area contributed by atoms with Crippen molar-refractivity contribution < 1.29 is 37.6 Å².